The summed E-state index contributed by atoms with van der Waals surface area (Å²) in [5.41, 5.74) is 13.5. The van der Waals surface area contributed by atoms with Gasteiger partial charge in [0.25, 0.3) is 0 Å². The Labute approximate surface area is 328 Å². The van der Waals surface area contributed by atoms with E-state index in [0.29, 0.717) is 11.3 Å². The van der Waals surface area contributed by atoms with Crippen LogP contribution in [-0.2, 0) is 30.4 Å². The molecule has 0 saturated heterocycles. The minimum atomic E-state index is -0.367. The van der Waals surface area contributed by atoms with Gasteiger partial charge in [0.2, 0.25) is 0 Å². The zero-order chi connectivity index (χ0) is 38.7. The molecule has 6 rings (SSSR count). The van der Waals surface area contributed by atoms with E-state index in [-0.39, 0.29) is 5.97 Å². The van der Waals surface area contributed by atoms with Crippen molar-refractivity contribution in [3.8, 4) is 22.5 Å². The lowest BCUT2D eigenvalue weighted by atomic mass is 9.89. The maximum absolute atomic E-state index is 13.3. The second-order valence-corrected chi connectivity index (χ2v) is 14.9. The van der Waals surface area contributed by atoms with Gasteiger partial charge in [0.1, 0.15) is 11.3 Å². The van der Waals surface area contributed by atoms with Gasteiger partial charge < -0.3 is 14.5 Å². The summed E-state index contributed by atoms with van der Waals surface area (Å²) in [6.45, 7) is 11.0. The van der Waals surface area contributed by atoms with Gasteiger partial charge in [-0.1, -0.05) is 107 Å². The molecule has 5 heteroatoms. The number of nitrogens with one attached hydrogen (secondary N) is 1. The van der Waals surface area contributed by atoms with Crippen molar-refractivity contribution in [2.75, 3.05) is 12.4 Å². The Kier molecular flexibility index (Phi) is 13.6. The van der Waals surface area contributed by atoms with Crippen LogP contribution in [0.25, 0.3) is 33.4 Å². The van der Waals surface area contributed by atoms with Gasteiger partial charge >= 0.3 is 5.97 Å². The average molecular weight is 735 g/mol. The highest BCUT2D eigenvalue weighted by molar-refractivity contribution is 6.08. The van der Waals surface area contributed by atoms with Crippen LogP contribution < -0.4 is 10.7 Å². The summed E-state index contributed by atoms with van der Waals surface area (Å²) < 4.78 is 12.2. The van der Waals surface area contributed by atoms with Gasteiger partial charge in [-0.25, -0.2) is 9.79 Å². The molecule has 0 saturated carbocycles. The zero-order valence-corrected chi connectivity index (χ0v) is 33.8. The Morgan fingerprint density at radius 3 is 1.87 bits per heavy atom. The number of unbranched alkanes of at least 4 members (excludes halogenated alkanes) is 4. The third kappa shape index (κ3) is 9.21. The van der Waals surface area contributed by atoms with Crippen molar-refractivity contribution in [3.05, 3.63) is 130 Å². The number of esters is 1. The zero-order valence-electron chi connectivity index (χ0n) is 33.8. The molecule has 1 heterocycles. The molecule has 0 amide bonds. The van der Waals surface area contributed by atoms with E-state index in [1.54, 1.807) is 0 Å². The molecule has 55 heavy (non-hydrogen) atoms. The first-order valence-electron chi connectivity index (χ1n) is 20.6. The number of ether oxygens (including phenoxy) is 1. The molecule has 2 aliphatic rings. The van der Waals surface area contributed by atoms with Crippen LogP contribution in [-0.4, -0.2) is 13.1 Å². The largest absolute Gasteiger partial charge is 0.465 e. The number of nitrogens with zero attached hydrogens (tertiary/aromatic N) is 1. The molecule has 4 aromatic carbocycles. The molecular weight excluding hydrogens is 677 g/mol. The molecule has 1 N–H and O–H groups in total. The van der Waals surface area contributed by atoms with Crippen molar-refractivity contribution >= 4 is 34.0 Å². The number of hydrogen-bond donors (Lipinski definition) is 1. The molecule has 286 valence electrons. The SMILES string of the molecule is CCCCc1cccc(CCCC)c1N=c1ccc2c(-c3cc(C)ccc3C(=O)OC)c3ccc(Nc4c(CCCC)cccc4CCCC)cc3oc-2c1. The molecule has 0 aromatic heterocycles. The minimum Gasteiger partial charge on any atom is -0.465 e. The van der Waals surface area contributed by atoms with Gasteiger partial charge in [0, 0.05) is 40.0 Å². The number of carbonyl (C=O) groups is 1. The molecule has 1 aliphatic heterocycles. The number of para-hydroxylation sites is 2. The number of aryl methyl sites for hydroxylation is 5. The lowest BCUT2D eigenvalue weighted by Gasteiger charge is -2.20. The summed E-state index contributed by atoms with van der Waals surface area (Å²) >= 11 is 0. The minimum absolute atomic E-state index is 0.367. The molecule has 0 unspecified atom stereocenters. The van der Waals surface area contributed by atoms with E-state index in [1.807, 2.05) is 12.1 Å². The standard InChI is InChI=1S/C50H58N2O3/c1-7-11-17-35-21-15-22-36(18-12-8-2)48(35)51-39-26-29-42-45(32-39)55-46-33-40(52-49-37(19-13-9-3)23-16-24-38(49)20-14-10-4)27-30-43(46)47(42)44-31-34(5)25-28-41(44)50(53)54-6/h15-16,21-33,51H,7-14,17-20H2,1-6H3. The first kappa shape index (κ1) is 39.5. The van der Waals surface area contributed by atoms with Crippen LogP contribution in [0.15, 0.2) is 100 Å². The first-order valence-corrected chi connectivity index (χ1v) is 20.6. The lowest BCUT2D eigenvalue weighted by molar-refractivity contribution is 0.0601. The normalized spacial score (nSPS) is 11.8. The van der Waals surface area contributed by atoms with Gasteiger partial charge in [0.05, 0.1) is 23.7 Å². The van der Waals surface area contributed by atoms with Gasteiger partial charge in [-0.3, -0.25) is 0 Å². The van der Waals surface area contributed by atoms with Gasteiger partial charge in [-0.15, -0.1) is 0 Å². The maximum atomic E-state index is 13.3. The Morgan fingerprint density at radius 1 is 0.673 bits per heavy atom. The lowest BCUT2D eigenvalue weighted by Crippen LogP contribution is -2.07. The second-order valence-electron chi connectivity index (χ2n) is 14.9. The molecule has 4 aromatic rings. The number of anilines is 2. The van der Waals surface area contributed by atoms with Crippen molar-refractivity contribution in [2.24, 2.45) is 4.99 Å². The van der Waals surface area contributed by atoms with Crippen LogP contribution in [0, 0.1) is 6.92 Å². The summed E-state index contributed by atoms with van der Waals surface area (Å²) in [6, 6.07) is 31.9. The molecule has 0 bridgehead atoms. The quantitative estimate of drug-likeness (QED) is 0.0748. The van der Waals surface area contributed by atoms with Crippen molar-refractivity contribution in [1.29, 1.82) is 0 Å². The first-order chi connectivity index (χ1) is 26.9. The number of hydrogen-bond acceptors (Lipinski definition) is 5. The van der Waals surface area contributed by atoms with E-state index >= 15 is 0 Å². The molecule has 0 atom stereocenters. The maximum Gasteiger partial charge on any atom is 0.338 e. The molecule has 0 radical (unpaired) electrons. The fourth-order valence-electron chi connectivity index (χ4n) is 7.63. The van der Waals surface area contributed by atoms with E-state index in [2.05, 4.69) is 119 Å². The van der Waals surface area contributed by atoms with Crippen LogP contribution in [0.5, 0.6) is 0 Å². The Bertz CT molecular complexity index is 2230. The number of methoxy groups -OCH3 is 1. The number of rotatable bonds is 17. The van der Waals surface area contributed by atoms with Gasteiger partial charge in [-0.05, 0) is 116 Å². The van der Waals surface area contributed by atoms with Crippen LogP contribution in [0.1, 0.15) is 117 Å². The summed E-state index contributed by atoms with van der Waals surface area (Å²) in [5.74, 6) is 0.347. The summed E-state index contributed by atoms with van der Waals surface area (Å²) in [5, 5.41) is 5.62. The van der Waals surface area contributed by atoms with E-state index < -0.39 is 0 Å². The molecule has 0 spiro atoms. The monoisotopic (exact) mass is 734 g/mol. The predicted octanol–water partition coefficient (Wildman–Crippen LogP) is 13.6. The summed E-state index contributed by atoms with van der Waals surface area (Å²) in [6.07, 6.45) is 13.2. The molecule has 5 nitrogen and oxygen atoms in total. The van der Waals surface area contributed by atoms with E-state index in [1.165, 1.54) is 35.1 Å². The average Bonchev–Trinajstić information content (AvgIpc) is 3.20. The highest BCUT2D eigenvalue weighted by Gasteiger charge is 2.23. The van der Waals surface area contributed by atoms with Crippen LogP contribution >= 0.6 is 0 Å². The number of carbonyl (C=O) groups excluding carboxylic acids is 1. The highest BCUT2D eigenvalue weighted by atomic mass is 16.5. The smallest absolute Gasteiger partial charge is 0.338 e. The third-order valence-electron chi connectivity index (χ3n) is 10.7. The third-order valence-corrected chi connectivity index (χ3v) is 10.7. The second kappa shape index (κ2) is 18.9. The highest BCUT2D eigenvalue weighted by Crippen LogP contribution is 2.43. The van der Waals surface area contributed by atoms with Crippen LogP contribution in [0.3, 0.4) is 0 Å². The molecule has 1 aliphatic carbocycles. The van der Waals surface area contributed by atoms with Gasteiger partial charge in [0.15, 0.2) is 0 Å². The summed E-state index contributed by atoms with van der Waals surface area (Å²) in [7, 11) is 1.44. The Hall–Kier alpha value is -5.16. The number of fused-ring (bicyclic) bond motifs is 2. The Morgan fingerprint density at radius 2 is 1.27 bits per heavy atom. The van der Waals surface area contributed by atoms with Crippen molar-refractivity contribution < 1.29 is 13.9 Å². The molecule has 0 fully saturated rings. The van der Waals surface area contributed by atoms with E-state index in [4.69, 9.17) is 14.1 Å². The van der Waals surface area contributed by atoms with Crippen molar-refractivity contribution in [3.63, 3.8) is 0 Å². The van der Waals surface area contributed by atoms with Crippen molar-refractivity contribution in [1.82, 2.24) is 0 Å². The summed E-state index contributed by atoms with van der Waals surface area (Å²) in [4.78, 5) is 18.6. The fraction of sp³-hybridized carbons (Fsp3) is 0.360. The topological polar surface area (TPSA) is 63.8 Å². The van der Waals surface area contributed by atoms with Crippen molar-refractivity contribution in [2.45, 2.75) is 112 Å². The fourth-order valence-corrected chi connectivity index (χ4v) is 7.63. The predicted molar refractivity (Wildman–Crippen MR) is 230 cm³/mol. The molecular formula is C50H58N2O3. The van der Waals surface area contributed by atoms with Crippen LogP contribution in [0.4, 0.5) is 17.1 Å². The van der Waals surface area contributed by atoms with E-state index in [0.717, 1.165) is 127 Å². The van der Waals surface area contributed by atoms with E-state index in [9.17, 15) is 4.79 Å². The number of benzene rings is 5. The van der Waals surface area contributed by atoms with Crippen LogP contribution in [0.2, 0.25) is 0 Å². The Balaban J connectivity index is 1.58. The van der Waals surface area contributed by atoms with Gasteiger partial charge in [-0.2, -0.15) is 0 Å².